The molecule has 4 aromatic rings. The number of carbonyl (C=O) groups excluding carboxylic acids is 1. The van der Waals surface area contributed by atoms with Crippen LogP contribution in [-0.4, -0.2) is 16.0 Å². The van der Waals surface area contributed by atoms with Crippen LogP contribution in [0.4, 0.5) is 5.13 Å². The predicted molar refractivity (Wildman–Crippen MR) is 107 cm³/mol. The maximum absolute atomic E-state index is 12.8. The van der Waals surface area contributed by atoms with Crippen LogP contribution in [0.2, 0.25) is 5.02 Å². The molecule has 0 fully saturated rings. The fourth-order valence-corrected chi connectivity index (χ4v) is 4.23. The van der Waals surface area contributed by atoms with Gasteiger partial charge in [0.05, 0.1) is 15.2 Å². The van der Waals surface area contributed by atoms with Gasteiger partial charge in [0.15, 0.2) is 5.13 Å². The predicted octanol–water partition coefficient (Wildman–Crippen LogP) is 5.93. The Labute approximate surface area is 166 Å². The van der Waals surface area contributed by atoms with E-state index >= 15 is 0 Å². The molecule has 8 heteroatoms. The molecule has 1 N–H and O–H groups in total. The lowest BCUT2D eigenvalue weighted by atomic mass is 10.1. The minimum Gasteiger partial charge on any atom is -0.360 e. The molecule has 5 nitrogen and oxygen atoms in total. The highest BCUT2D eigenvalue weighted by atomic mass is 79.9. The van der Waals surface area contributed by atoms with Gasteiger partial charge in [0.1, 0.15) is 17.0 Å². The average Bonchev–Trinajstić information content (AvgIpc) is 3.17. The zero-order chi connectivity index (χ0) is 18.3. The van der Waals surface area contributed by atoms with E-state index in [0.29, 0.717) is 32.7 Å². The molecule has 0 atom stereocenters. The molecule has 4 rings (SSSR count). The average molecular weight is 449 g/mol. The first-order chi connectivity index (χ1) is 12.5. The summed E-state index contributed by atoms with van der Waals surface area (Å²) in [6.45, 7) is 1.69. The van der Waals surface area contributed by atoms with Crippen molar-refractivity contribution in [3.8, 4) is 11.3 Å². The second-order valence-electron chi connectivity index (χ2n) is 5.53. The summed E-state index contributed by atoms with van der Waals surface area (Å²) in [6, 6.07) is 13.0. The first-order valence-electron chi connectivity index (χ1n) is 7.61. The number of nitrogens with zero attached hydrogens (tertiary/aromatic N) is 2. The summed E-state index contributed by atoms with van der Waals surface area (Å²) in [7, 11) is 0. The number of aromatic nitrogens is 2. The molecule has 0 aliphatic heterocycles. The molecular formula is C18H11BrClN3O2S. The van der Waals surface area contributed by atoms with Crippen molar-refractivity contribution in [2.45, 2.75) is 6.92 Å². The van der Waals surface area contributed by atoms with Crippen molar-refractivity contribution in [1.29, 1.82) is 0 Å². The Hall–Kier alpha value is -2.22. The van der Waals surface area contributed by atoms with Crippen LogP contribution in [0.15, 0.2) is 51.5 Å². The van der Waals surface area contributed by atoms with Crippen molar-refractivity contribution < 1.29 is 9.32 Å². The van der Waals surface area contributed by atoms with Crippen molar-refractivity contribution >= 4 is 60.1 Å². The van der Waals surface area contributed by atoms with Crippen molar-refractivity contribution in [2.75, 3.05) is 5.32 Å². The number of anilines is 1. The van der Waals surface area contributed by atoms with Gasteiger partial charge in [0, 0.05) is 10.0 Å². The largest absolute Gasteiger partial charge is 0.360 e. The Morgan fingerprint density at radius 3 is 2.88 bits per heavy atom. The number of aryl methyl sites for hydroxylation is 1. The van der Waals surface area contributed by atoms with Crippen molar-refractivity contribution in [3.63, 3.8) is 0 Å². The number of hydrogen-bond donors (Lipinski definition) is 1. The fourth-order valence-electron chi connectivity index (χ4n) is 2.59. The molecule has 0 bridgehead atoms. The zero-order valence-electron chi connectivity index (χ0n) is 13.4. The van der Waals surface area contributed by atoms with E-state index in [0.717, 1.165) is 14.7 Å². The summed E-state index contributed by atoms with van der Waals surface area (Å²) in [5, 5.41) is 7.86. The molecule has 0 unspecified atom stereocenters. The van der Waals surface area contributed by atoms with Crippen LogP contribution in [0.3, 0.4) is 0 Å². The van der Waals surface area contributed by atoms with E-state index in [4.69, 9.17) is 16.1 Å². The lowest BCUT2D eigenvalue weighted by Crippen LogP contribution is -2.13. The molecule has 2 aromatic carbocycles. The summed E-state index contributed by atoms with van der Waals surface area (Å²) >= 11 is 11.1. The Morgan fingerprint density at radius 1 is 1.27 bits per heavy atom. The number of rotatable bonds is 3. The minimum absolute atomic E-state index is 0.336. The number of amides is 1. The first kappa shape index (κ1) is 17.2. The third-order valence-corrected chi connectivity index (χ3v) is 5.55. The Balaban J connectivity index is 1.70. The summed E-state index contributed by atoms with van der Waals surface area (Å²) in [5.41, 5.74) is 2.22. The highest BCUT2D eigenvalue weighted by Gasteiger charge is 2.23. The van der Waals surface area contributed by atoms with Gasteiger partial charge < -0.3 is 4.52 Å². The third kappa shape index (κ3) is 3.13. The molecule has 0 spiro atoms. The van der Waals surface area contributed by atoms with Gasteiger partial charge in [0.2, 0.25) is 0 Å². The van der Waals surface area contributed by atoms with Crippen LogP contribution in [-0.2, 0) is 0 Å². The monoisotopic (exact) mass is 447 g/mol. The van der Waals surface area contributed by atoms with E-state index in [1.165, 1.54) is 11.3 Å². The molecule has 26 heavy (non-hydrogen) atoms. The normalized spacial score (nSPS) is 11.0. The second-order valence-corrected chi connectivity index (χ2v) is 7.88. The molecular weight excluding hydrogens is 438 g/mol. The highest BCUT2D eigenvalue weighted by Crippen LogP contribution is 2.33. The maximum atomic E-state index is 12.8. The molecule has 130 valence electrons. The van der Waals surface area contributed by atoms with Gasteiger partial charge in [-0.2, -0.15) is 0 Å². The van der Waals surface area contributed by atoms with Crippen molar-refractivity contribution in [1.82, 2.24) is 10.1 Å². The summed E-state index contributed by atoms with van der Waals surface area (Å²) in [6.07, 6.45) is 0. The van der Waals surface area contributed by atoms with E-state index in [-0.39, 0.29) is 5.91 Å². The fraction of sp³-hybridized carbons (Fsp3) is 0.0556. The molecule has 0 radical (unpaired) electrons. The quantitative estimate of drug-likeness (QED) is 0.422. The van der Waals surface area contributed by atoms with Gasteiger partial charge in [-0.3, -0.25) is 10.1 Å². The van der Waals surface area contributed by atoms with Crippen molar-refractivity contribution in [2.24, 2.45) is 0 Å². The molecule has 0 aliphatic carbocycles. The SMILES string of the molecule is Cc1onc(-c2ccccc2Cl)c1C(=O)Nc1nc2ccc(Br)cc2s1. The van der Waals surface area contributed by atoms with E-state index in [1.807, 2.05) is 30.3 Å². The molecule has 0 aliphatic rings. The van der Waals surface area contributed by atoms with E-state index < -0.39 is 0 Å². The number of carbonyl (C=O) groups is 1. The van der Waals surface area contributed by atoms with Gasteiger partial charge in [0.25, 0.3) is 5.91 Å². The van der Waals surface area contributed by atoms with Gasteiger partial charge in [-0.25, -0.2) is 4.98 Å². The first-order valence-corrected chi connectivity index (χ1v) is 9.60. The summed E-state index contributed by atoms with van der Waals surface area (Å²) in [4.78, 5) is 17.3. The number of halogens is 2. The lowest BCUT2D eigenvalue weighted by molar-refractivity contribution is 0.102. The number of benzene rings is 2. The lowest BCUT2D eigenvalue weighted by Gasteiger charge is -2.04. The number of hydrogen-bond acceptors (Lipinski definition) is 5. The van der Waals surface area contributed by atoms with E-state index in [2.05, 4.69) is 31.4 Å². The summed E-state index contributed by atoms with van der Waals surface area (Å²) in [5.74, 6) is 0.0815. The third-order valence-electron chi connectivity index (χ3n) is 3.79. The Kier molecular flexibility index (Phi) is 4.52. The van der Waals surface area contributed by atoms with Crippen LogP contribution in [0.25, 0.3) is 21.5 Å². The highest BCUT2D eigenvalue weighted by molar-refractivity contribution is 9.10. The van der Waals surface area contributed by atoms with Crippen LogP contribution in [0.1, 0.15) is 16.1 Å². The molecule has 2 aromatic heterocycles. The number of thiazole rings is 1. The zero-order valence-corrected chi connectivity index (χ0v) is 16.6. The van der Waals surface area contributed by atoms with E-state index in [1.54, 1.807) is 19.1 Å². The van der Waals surface area contributed by atoms with E-state index in [9.17, 15) is 4.79 Å². The Morgan fingerprint density at radius 2 is 2.08 bits per heavy atom. The minimum atomic E-state index is -0.336. The number of nitrogens with one attached hydrogen (secondary N) is 1. The maximum Gasteiger partial charge on any atom is 0.263 e. The topological polar surface area (TPSA) is 68.0 Å². The second kappa shape index (κ2) is 6.83. The molecule has 1 amide bonds. The van der Waals surface area contributed by atoms with Crippen molar-refractivity contribution in [3.05, 3.63) is 63.3 Å². The number of fused-ring (bicyclic) bond motifs is 1. The van der Waals surface area contributed by atoms with Gasteiger partial charge >= 0.3 is 0 Å². The van der Waals surface area contributed by atoms with Gasteiger partial charge in [-0.1, -0.05) is 62.2 Å². The van der Waals surface area contributed by atoms with Gasteiger partial charge in [-0.15, -0.1) is 0 Å². The van der Waals surface area contributed by atoms with Crippen LogP contribution in [0, 0.1) is 6.92 Å². The van der Waals surface area contributed by atoms with Crippen LogP contribution >= 0.6 is 38.9 Å². The van der Waals surface area contributed by atoms with Crippen LogP contribution in [0.5, 0.6) is 0 Å². The molecule has 0 saturated carbocycles. The van der Waals surface area contributed by atoms with Crippen LogP contribution < -0.4 is 5.32 Å². The summed E-state index contributed by atoms with van der Waals surface area (Å²) < 4.78 is 7.18. The van der Waals surface area contributed by atoms with Gasteiger partial charge in [-0.05, 0) is 31.2 Å². The standard InChI is InChI=1S/C18H11BrClN3O2S/c1-9-15(16(23-25-9)11-4-2-3-5-12(11)20)17(24)22-18-21-13-7-6-10(19)8-14(13)26-18/h2-8H,1H3,(H,21,22,24). The molecule has 0 saturated heterocycles. The smallest absolute Gasteiger partial charge is 0.263 e. The Bertz CT molecular complexity index is 1140. The molecule has 2 heterocycles.